The molecule has 1 unspecified atom stereocenters. The zero-order valence-electron chi connectivity index (χ0n) is 13.4. The quantitative estimate of drug-likeness (QED) is 0.700. The van der Waals surface area contributed by atoms with Crippen LogP contribution in [0.15, 0.2) is 78.9 Å². The van der Waals surface area contributed by atoms with Crippen molar-refractivity contribution < 1.29 is 9.13 Å². The molecule has 122 valence electrons. The molecule has 24 heavy (non-hydrogen) atoms. The van der Waals surface area contributed by atoms with Crippen LogP contribution in [-0.2, 0) is 6.42 Å². The third-order valence-electron chi connectivity index (χ3n) is 4.02. The summed E-state index contributed by atoms with van der Waals surface area (Å²) >= 11 is 0. The predicted molar refractivity (Wildman–Crippen MR) is 94.9 cm³/mol. The molecule has 0 radical (unpaired) electrons. The zero-order chi connectivity index (χ0) is 16.8. The maximum atomic E-state index is 13.9. The van der Waals surface area contributed by atoms with Crippen molar-refractivity contribution in [1.82, 2.24) is 0 Å². The number of hydrogen-bond donors (Lipinski definition) is 1. The first-order valence-corrected chi connectivity index (χ1v) is 8.02. The lowest BCUT2D eigenvalue weighted by Gasteiger charge is -2.17. The van der Waals surface area contributed by atoms with Crippen molar-refractivity contribution in [2.45, 2.75) is 12.3 Å². The van der Waals surface area contributed by atoms with E-state index in [0.717, 1.165) is 17.1 Å². The molecule has 3 rings (SSSR count). The molecule has 0 spiro atoms. The molecule has 0 saturated carbocycles. The molecule has 0 aromatic heterocycles. The van der Waals surface area contributed by atoms with Crippen LogP contribution >= 0.6 is 0 Å². The lowest BCUT2D eigenvalue weighted by molar-refractivity contribution is 0.481. The van der Waals surface area contributed by atoms with Crippen LogP contribution in [-0.4, -0.2) is 6.54 Å². The van der Waals surface area contributed by atoms with Crippen molar-refractivity contribution in [3.63, 3.8) is 0 Å². The van der Waals surface area contributed by atoms with Crippen molar-refractivity contribution in [1.29, 1.82) is 0 Å². The highest BCUT2D eigenvalue weighted by atomic mass is 19.1. The molecule has 0 bridgehead atoms. The first kappa shape index (κ1) is 16.2. The fourth-order valence-electron chi connectivity index (χ4n) is 2.72. The van der Waals surface area contributed by atoms with E-state index in [1.54, 1.807) is 6.07 Å². The van der Waals surface area contributed by atoms with Gasteiger partial charge in [0.05, 0.1) is 0 Å². The van der Waals surface area contributed by atoms with Gasteiger partial charge in [-0.3, -0.25) is 0 Å². The minimum atomic E-state index is -0.187. The monoisotopic (exact) mass is 321 g/mol. The minimum absolute atomic E-state index is 0.0428. The van der Waals surface area contributed by atoms with Crippen LogP contribution < -0.4 is 10.5 Å². The van der Waals surface area contributed by atoms with E-state index in [2.05, 4.69) is 0 Å². The molecule has 3 aromatic rings. The fourth-order valence-corrected chi connectivity index (χ4v) is 2.72. The Balaban J connectivity index is 1.79. The molecule has 3 heteroatoms. The number of rotatable bonds is 6. The first-order chi connectivity index (χ1) is 11.8. The molecule has 0 heterocycles. The summed E-state index contributed by atoms with van der Waals surface area (Å²) in [6.07, 6.45) is 0.567. The molecule has 3 aromatic carbocycles. The lowest BCUT2D eigenvalue weighted by atomic mass is 9.92. The van der Waals surface area contributed by atoms with E-state index in [9.17, 15) is 4.39 Å². The zero-order valence-corrected chi connectivity index (χ0v) is 13.4. The molecular weight excluding hydrogens is 301 g/mol. The van der Waals surface area contributed by atoms with Gasteiger partial charge in [0, 0.05) is 5.92 Å². The molecule has 0 fully saturated rings. The van der Waals surface area contributed by atoms with Crippen molar-refractivity contribution in [3.05, 3.63) is 95.8 Å². The maximum Gasteiger partial charge on any atom is 0.127 e. The van der Waals surface area contributed by atoms with Gasteiger partial charge in [0.1, 0.15) is 17.3 Å². The number of para-hydroxylation sites is 1. The van der Waals surface area contributed by atoms with Gasteiger partial charge in [-0.25, -0.2) is 4.39 Å². The molecule has 0 aliphatic carbocycles. The topological polar surface area (TPSA) is 35.2 Å². The van der Waals surface area contributed by atoms with E-state index in [0.29, 0.717) is 18.5 Å². The second kappa shape index (κ2) is 7.75. The molecule has 0 aliphatic heterocycles. The Morgan fingerprint density at radius 2 is 1.54 bits per heavy atom. The van der Waals surface area contributed by atoms with Gasteiger partial charge in [-0.2, -0.15) is 0 Å². The van der Waals surface area contributed by atoms with E-state index in [1.165, 1.54) is 6.07 Å². The smallest absolute Gasteiger partial charge is 0.127 e. The number of nitrogens with two attached hydrogens (primary N) is 1. The van der Waals surface area contributed by atoms with E-state index >= 15 is 0 Å². The lowest BCUT2D eigenvalue weighted by Crippen LogP contribution is -2.15. The van der Waals surface area contributed by atoms with Crippen LogP contribution in [0, 0.1) is 5.82 Å². The Kier molecular flexibility index (Phi) is 5.24. The number of hydrogen-bond acceptors (Lipinski definition) is 2. The Bertz CT molecular complexity index is 789. The van der Waals surface area contributed by atoms with Crippen molar-refractivity contribution in [2.24, 2.45) is 5.73 Å². The summed E-state index contributed by atoms with van der Waals surface area (Å²) in [5.74, 6) is 1.40. The summed E-state index contributed by atoms with van der Waals surface area (Å²) in [5, 5.41) is 0. The summed E-state index contributed by atoms with van der Waals surface area (Å²) in [7, 11) is 0. The van der Waals surface area contributed by atoms with Gasteiger partial charge in [0.2, 0.25) is 0 Å². The summed E-state index contributed by atoms with van der Waals surface area (Å²) in [6.45, 7) is 0.448. The second-order valence-corrected chi connectivity index (χ2v) is 5.72. The molecule has 0 amide bonds. The van der Waals surface area contributed by atoms with Gasteiger partial charge in [0.15, 0.2) is 0 Å². The summed E-state index contributed by atoms with van der Waals surface area (Å²) in [6, 6.07) is 24.3. The Morgan fingerprint density at radius 1 is 0.833 bits per heavy atom. The van der Waals surface area contributed by atoms with Crippen LogP contribution in [0.25, 0.3) is 0 Å². The highest BCUT2D eigenvalue weighted by Gasteiger charge is 2.14. The van der Waals surface area contributed by atoms with Crippen molar-refractivity contribution in [2.75, 3.05) is 6.54 Å². The van der Waals surface area contributed by atoms with Gasteiger partial charge in [-0.05, 0) is 54.4 Å². The number of benzene rings is 3. The van der Waals surface area contributed by atoms with Gasteiger partial charge >= 0.3 is 0 Å². The minimum Gasteiger partial charge on any atom is -0.457 e. The molecule has 2 N–H and O–H groups in total. The van der Waals surface area contributed by atoms with Crippen LogP contribution in [0.4, 0.5) is 4.39 Å². The molecule has 1 atom stereocenters. The normalized spacial score (nSPS) is 11.9. The number of halogens is 1. The van der Waals surface area contributed by atoms with Gasteiger partial charge in [-0.1, -0.05) is 48.5 Å². The second-order valence-electron chi connectivity index (χ2n) is 5.72. The Hall–Kier alpha value is -2.65. The average molecular weight is 321 g/mol. The van der Waals surface area contributed by atoms with Crippen LogP contribution in [0.1, 0.15) is 17.0 Å². The standard InChI is InChI=1S/C21H20FNO/c22-21-12-5-4-7-17(21)13-18(15-23)16-8-6-11-20(14-16)24-19-9-2-1-3-10-19/h1-12,14,18H,13,15,23H2. The van der Waals surface area contributed by atoms with E-state index < -0.39 is 0 Å². The third-order valence-corrected chi connectivity index (χ3v) is 4.02. The fraction of sp³-hybridized carbons (Fsp3) is 0.143. The first-order valence-electron chi connectivity index (χ1n) is 8.02. The number of ether oxygens (including phenoxy) is 1. The summed E-state index contributed by atoms with van der Waals surface area (Å²) in [5.41, 5.74) is 7.67. The molecule has 0 aliphatic rings. The van der Waals surface area contributed by atoms with Crippen LogP contribution in [0.2, 0.25) is 0 Å². The highest BCUT2D eigenvalue weighted by molar-refractivity contribution is 5.36. The highest BCUT2D eigenvalue weighted by Crippen LogP contribution is 2.27. The van der Waals surface area contributed by atoms with Gasteiger partial charge < -0.3 is 10.5 Å². The molecule has 2 nitrogen and oxygen atoms in total. The summed E-state index contributed by atoms with van der Waals surface area (Å²) < 4.78 is 19.8. The predicted octanol–water partition coefficient (Wildman–Crippen LogP) is 4.90. The molecule has 0 saturated heterocycles. The van der Waals surface area contributed by atoms with Crippen molar-refractivity contribution in [3.8, 4) is 11.5 Å². The Morgan fingerprint density at radius 3 is 2.29 bits per heavy atom. The third kappa shape index (κ3) is 4.00. The summed E-state index contributed by atoms with van der Waals surface area (Å²) in [4.78, 5) is 0. The SMILES string of the molecule is NCC(Cc1ccccc1F)c1cccc(Oc2ccccc2)c1. The van der Waals surface area contributed by atoms with Crippen LogP contribution in [0.5, 0.6) is 11.5 Å². The average Bonchev–Trinajstić information content (AvgIpc) is 2.62. The maximum absolute atomic E-state index is 13.9. The van der Waals surface area contributed by atoms with Gasteiger partial charge in [-0.15, -0.1) is 0 Å². The van der Waals surface area contributed by atoms with Gasteiger partial charge in [0.25, 0.3) is 0 Å². The largest absolute Gasteiger partial charge is 0.457 e. The van der Waals surface area contributed by atoms with E-state index in [4.69, 9.17) is 10.5 Å². The Labute approximate surface area is 141 Å². The molecular formula is C21H20FNO. The van der Waals surface area contributed by atoms with E-state index in [-0.39, 0.29) is 11.7 Å². The van der Waals surface area contributed by atoms with Crippen molar-refractivity contribution >= 4 is 0 Å². The van der Waals surface area contributed by atoms with Crippen LogP contribution in [0.3, 0.4) is 0 Å². The van der Waals surface area contributed by atoms with E-state index in [1.807, 2.05) is 66.7 Å².